The highest BCUT2D eigenvalue weighted by Crippen LogP contribution is 2.19. The zero-order valence-corrected chi connectivity index (χ0v) is 15.1. The molecule has 1 atom stereocenters. The smallest absolute Gasteiger partial charge is 0.289 e. The summed E-state index contributed by atoms with van der Waals surface area (Å²) in [5.41, 5.74) is 1.20. The molecule has 2 aromatic rings. The third-order valence-corrected chi connectivity index (χ3v) is 4.63. The fourth-order valence-electron chi connectivity index (χ4n) is 3.12. The van der Waals surface area contributed by atoms with Crippen LogP contribution in [0.1, 0.15) is 24.4 Å². The van der Waals surface area contributed by atoms with Crippen LogP contribution in [0.25, 0.3) is 11.3 Å². The molecule has 1 aliphatic heterocycles. The van der Waals surface area contributed by atoms with E-state index in [-0.39, 0.29) is 23.5 Å². The molecule has 0 spiro atoms. The van der Waals surface area contributed by atoms with E-state index in [4.69, 9.17) is 9.26 Å². The van der Waals surface area contributed by atoms with Gasteiger partial charge in [0.05, 0.1) is 13.2 Å². The Balaban J connectivity index is 1.61. The van der Waals surface area contributed by atoms with Crippen molar-refractivity contribution < 1.29 is 18.4 Å². The van der Waals surface area contributed by atoms with Crippen LogP contribution in [0.5, 0.6) is 0 Å². The molecule has 2 heterocycles. The van der Waals surface area contributed by atoms with Gasteiger partial charge in [0.1, 0.15) is 11.5 Å². The van der Waals surface area contributed by atoms with Crippen LogP contribution in [0.15, 0.2) is 34.9 Å². The number of carbonyl (C=O) groups excluding carboxylic acids is 1. The van der Waals surface area contributed by atoms with Gasteiger partial charge in [-0.1, -0.05) is 19.0 Å². The Morgan fingerprint density at radius 1 is 1.27 bits per heavy atom. The van der Waals surface area contributed by atoms with Gasteiger partial charge < -0.3 is 14.6 Å². The number of nitrogens with zero attached hydrogens (tertiary/aromatic N) is 2. The maximum atomic E-state index is 13.0. The van der Waals surface area contributed by atoms with E-state index in [9.17, 15) is 9.18 Å². The minimum absolute atomic E-state index is 0.147. The second-order valence-electron chi connectivity index (χ2n) is 6.75. The quantitative estimate of drug-likeness (QED) is 0.857. The number of hydrogen-bond donors (Lipinski definition) is 1. The van der Waals surface area contributed by atoms with Gasteiger partial charge in [0.2, 0.25) is 5.76 Å². The van der Waals surface area contributed by atoms with Crippen LogP contribution in [0.3, 0.4) is 0 Å². The highest BCUT2D eigenvalue weighted by Gasteiger charge is 2.25. The lowest BCUT2D eigenvalue weighted by atomic mass is 10.0. The zero-order valence-electron chi connectivity index (χ0n) is 15.1. The number of amides is 1. The Morgan fingerprint density at radius 2 is 1.96 bits per heavy atom. The number of carbonyl (C=O) groups is 1. The van der Waals surface area contributed by atoms with Gasteiger partial charge in [0.25, 0.3) is 5.91 Å². The van der Waals surface area contributed by atoms with Gasteiger partial charge in [-0.15, -0.1) is 0 Å². The third kappa shape index (κ3) is 4.47. The number of rotatable bonds is 6. The van der Waals surface area contributed by atoms with Gasteiger partial charge in [-0.25, -0.2) is 4.39 Å². The molecule has 1 aromatic heterocycles. The van der Waals surface area contributed by atoms with E-state index in [0.29, 0.717) is 23.7 Å². The summed E-state index contributed by atoms with van der Waals surface area (Å²) in [6.45, 7) is 8.01. The van der Waals surface area contributed by atoms with Crippen molar-refractivity contribution in [2.75, 3.05) is 32.8 Å². The predicted molar refractivity (Wildman–Crippen MR) is 95.2 cm³/mol. The second kappa shape index (κ2) is 8.42. The molecule has 0 bridgehead atoms. The molecule has 0 saturated carbocycles. The average molecular weight is 361 g/mol. The van der Waals surface area contributed by atoms with Gasteiger partial charge in [-0.2, -0.15) is 0 Å². The van der Waals surface area contributed by atoms with Gasteiger partial charge in [-0.05, 0) is 30.2 Å². The number of benzene rings is 1. The van der Waals surface area contributed by atoms with E-state index in [0.717, 1.165) is 26.3 Å². The Morgan fingerprint density at radius 3 is 2.62 bits per heavy atom. The minimum atomic E-state index is -0.321. The molecule has 1 fully saturated rings. The summed E-state index contributed by atoms with van der Waals surface area (Å²) >= 11 is 0. The molecule has 1 amide bonds. The summed E-state index contributed by atoms with van der Waals surface area (Å²) in [6, 6.07) is 7.70. The van der Waals surface area contributed by atoms with Crippen molar-refractivity contribution in [3.05, 3.63) is 41.9 Å². The van der Waals surface area contributed by atoms with Crippen molar-refractivity contribution in [2.45, 2.75) is 19.9 Å². The first-order valence-electron chi connectivity index (χ1n) is 8.87. The van der Waals surface area contributed by atoms with Gasteiger partial charge >= 0.3 is 0 Å². The maximum Gasteiger partial charge on any atom is 0.289 e. The van der Waals surface area contributed by atoms with Crippen molar-refractivity contribution >= 4 is 5.91 Å². The van der Waals surface area contributed by atoms with Crippen molar-refractivity contribution in [2.24, 2.45) is 5.92 Å². The lowest BCUT2D eigenvalue weighted by molar-refractivity contribution is 0.00664. The lowest BCUT2D eigenvalue weighted by Crippen LogP contribution is -2.51. The molecule has 3 rings (SSSR count). The standard InChI is InChI=1S/C19H24FN3O3/c1-13(2)17(23-7-9-25-10-8-23)12-21-19(24)18-11-16(22-26-18)14-3-5-15(20)6-4-14/h3-6,11,13,17H,7-10,12H2,1-2H3,(H,21,24). The van der Waals surface area contributed by atoms with Crippen LogP contribution in [0, 0.1) is 11.7 Å². The Labute approximate surface area is 152 Å². The van der Waals surface area contributed by atoms with Crippen molar-refractivity contribution in [1.82, 2.24) is 15.4 Å². The molecule has 140 valence electrons. The topological polar surface area (TPSA) is 67.6 Å². The van der Waals surface area contributed by atoms with Crippen LogP contribution in [-0.4, -0.2) is 54.9 Å². The normalized spacial score (nSPS) is 16.6. The number of hydrogen-bond acceptors (Lipinski definition) is 5. The van der Waals surface area contributed by atoms with Crippen LogP contribution in [0.4, 0.5) is 4.39 Å². The molecule has 1 unspecified atom stereocenters. The number of ether oxygens (including phenoxy) is 1. The van der Waals surface area contributed by atoms with Crippen molar-refractivity contribution in [3.63, 3.8) is 0 Å². The van der Waals surface area contributed by atoms with Crippen molar-refractivity contribution in [1.29, 1.82) is 0 Å². The first-order valence-corrected chi connectivity index (χ1v) is 8.87. The largest absolute Gasteiger partial charge is 0.379 e. The molecule has 0 aliphatic carbocycles. The molecule has 26 heavy (non-hydrogen) atoms. The Kier molecular flexibility index (Phi) is 6.00. The zero-order chi connectivity index (χ0) is 18.5. The van der Waals surface area contributed by atoms with Crippen LogP contribution >= 0.6 is 0 Å². The SMILES string of the molecule is CC(C)C(CNC(=O)c1cc(-c2ccc(F)cc2)no1)N1CCOCC1. The molecular weight excluding hydrogens is 337 g/mol. The fourth-order valence-corrected chi connectivity index (χ4v) is 3.12. The monoisotopic (exact) mass is 361 g/mol. The lowest BCUT2D eigenvalue weighted by Gasteiger charge is -2.36. The van der Waals surface area contributed by atoms with E-state index in [1.807, 2.05) is 0 Å². The summed E-state index contributed by atoms with van der Waals surface area (Å²) in [7, 11) is 0. The summed E-state index contributed by atoms with van der Waals surface area (Å²) in [5.74, 6) is -0.0745. The summed E-state index contributed by atoms with van der Waals surface area (Å²) in [4.78, 5) is 14.8. The van der Waals surface area contributed by atoms with Crippen molar-refractivity contribution in [3.8, 4) is 11.3 Å². The second-order valence-corrected chi connectivity index (χ2v) is 6.75. The van der Waals surface area contributed by atoms with Crippen LogP contribution in [-0.2, 0) is 4.74 Å². The Hall–Kier alpha value is -2.25. The van der Waals surface area contributed by atoms with Crippen LogP contribution in [0.2, 0.25) is 0 Å². The number of aromatic nitrogens is 1. The molecule has 7 heteroatoms. The molecule has 1 aliphatic rings. The number of halogens is 1. The summed E-state index contributed by atoms with van der Waals surface area (Å²) in [5, 5.41) is 6.84. The van der Waals surface area contributed by atoms with Gasteiger partial charge in [0, 0.05) is 37.3 Å². The first-order chi connectivity index (χ1) is 12.5. The highest BCUT2D eigenvalue weighted by molar-refractivity contribution is 5.92. The third-order valence-electron chi connectivity index (χ3n) is 4.63. The summed E-state index contributed by atoms with van der Waals surface area (Å²) < 4.78 is 23.6. The maximum absolute atomic E-state index is 13.0. The fraction of sp³-hybridized carbons (Fsp3) is 0.474. The minimum Gasteiger partial charge on any atom is -0.379 e. The summed E-state index contributed by atoms with van der Waals surface area (Å²) in [6.07, 6.45) is 0. The van der Waals surface area contributed by atoms with Gasteiger partial charge in [0.15, 0.2) is 0 Å². The van der Waals surface area contributed by atoms with E-state index < -0.39 is 0 Å². The molecule has 1 aromatic carbocycles. The molecule has 1 N–H and O–H groups in total. The molecular formula is C19H24FN3O3. The van der Waals surface area contributed by atoms with E-state index in [2.05, 4.69) is 29.2 Å². The molecule has 0 radical (unpaired) electrons. The van der Waals surface area contributed by atoms with Gasteiger partial charge in [-0.3, -0.25) is 9.69 Å². The van der Waals surface area contributed by atoms with E-state index in [1.165, 1.54) is 12.1 Å². The number of nitrogens with one attached hydrogen (secondary N) is 1. The van der Waals surface area contributed by atoms with E-state index >= 15 is 0 Å². The molecule has 6 nitrogen and oxygen atoms in total. The highest BCUT2D eigenvalue weighted by atomic mass is 19.1. The Bertz CT molecular complexity index is 724. The molecule has 1 saturated heterocycles. The number of morpholine rings is 1. The first kappa shape index (κ1) is 18.5. The van der Waals surface area contributed by atoms with Crippen LogP contribution < -0.4 is 5.32 Å². The van der Waals surface area contributed by atoms with E-state index in [1.54, 1.807) is 18.2 Å². The predicted octanol–water partition coefficient (Wildman–Crippen LogP) is 2.57. The average Bonchev–Trinajstić information content (AvgIpc) is 3.13.